The van der Waals surface area contributed by atoms with Crippen LogP contribution in [0.2, 0.25) is 0 Å². The van der Waals surface area contributed by atoms with Crippen molar-refractivity contribution in [3.05, 3.63) is 42.1 Å². The van der Waals surface area contributed by atoms with Crippen LogP contribution in [0.4, 0.5) is 4.39 Å². The Balaban J connectivity index is 1.90. The van der Waals surface area contributed by atoms with E-state index in [0.29, 0.717) is 12.4 Å². The van der Waals surface area contributed by atoms with E-state index in [1.54, 1.807) is 4.90 Å². The van der Waals surface area contributed by atoms with Gasteiger partial charge in [0.2, 0.25) is 6.39 Å². The van der Waals surface area contributed by atoms with Gasteiger partial charge in [0.25, 0.3) is 5.91 Å². The third kappa shape index (κ3) is 2.91. The van der Waals surface area contributed by atoms with E-state index in [0.717, 1.165) is 31.9 Å². The SMILES string of the molecule is O=C(c1cncc(F)c1)N1CCCCCC1c1ncon1. The molecule has 1 atom stereocenters. The molecule has 21 heavy (non-hydrogen) atoms. The molecule has 3 heterocycles. The zero-order valence-electron chi connectivity index (χ0n) is 11.4. The molecule has 1 amide bonds. The zero-order chi connectivity index (χ0) is 14.7. The van der Waals surface area contributed by atoms with E-state index < -0.39 is 5.82 Å². The summed E-state index contributed by atoms with van der Waals surface area (Å²) in [4.78, 5) is 22.1. The van der Waals surface area contributed by atoms with Gasteiger partial charge in [-0.2, -0.15) is 4.98 Å². The number of likely N-dealkylation sites (tertiary alicyclic amines) is 1. The molecule has 0 radical (unpaired) electrons. The zero-order valence-corrected chi connectivity index (χ0v) is 11.4. The molecule has 1 fully saturated rings. The quantitative estimate of drug-likeness (QED) is 0.849. The molecule has 1 aliphatic heterocycles. The van der Waals surface area contributed by atoms with Gasteiger partial charge in [-0.3, -0.25) is 9.78 Å². The van der Waals surface area contributed by atoms with Crippen molar-refractivity contribution in [2.24, 2.45) is 0 Å². The van der Waals surface area contributed by atoms with Crippen molar-refractivity contribution in [3.8, 4) is 0 Å². The number of aromatic nitrogens is 3. The van der Waals surface area contributed by atoms with Crippen molar-refractivity contribution in [2.45, 2.75) is 31.7 Å². The van der Waals surface area contributed by atoms with Crippen molar-refractivity contribution < 1.29 is 13.7 Å². The minimum absolute atomic E-state index is 0.234. The maximum Gasteiger partial charge on any atom is 0.256 e. The van der Waals surface area contributed by atoms with Gasteiger partial charge in [-0.25, -0.2) is 4.39 Å². The molecule has 0 spiro atoms. The Labute approximate surface area is 121 Å². The Morgan fingerprint density at radius 1 is 1.33 bits per heavy atom. The molecule has 1 saturated heterocycles. The third-order valence-electron chi connectivity index (χ3n) is 3.64. The number of rotatable bonds is 2. The van der Waals surface area contributed by atoms with Gasteiger partial charge in [0.05, 0.1) is 17.8 Å². The molecule has 0 saturated carbocycles. The summed E-state index contributed by atoms with van der Waals surface area (Å²) in [6.45, 7) is 0.592. The summed E-state index contributed by atoms with van der Waals surface area (Å²) in [5, 5.41) is 3.86. The highest BCUT2D eigenvalue weighted by Gasteiger charge is 2.30. The van der Waals surface area contributed by atoms with Gasteiger partial charge in [0.1, 0.15) is 5.82 Å². The lowest BCUT2D eigenvalue weighted by Gasteiger charge is -2.27. The molecule has 0 aliphatic carbocycles. The Bertz CT molecular complexity index is 617. The Morgan fingerprint density at radius 2 is 2.24 bits per heavy atom. The molecule has 0 N–H and O–H groups in total. The van der Waals surface area contributed by atoms with Crippen molar-refractivity contribution in [2.75, 3.05) is 6.54 Å². The normalized spacial score (nSPS) is 19.3. The van der Waals surface area contributed by atoms with Crippen LogP contribution in [0.5, 0.6) is 0 Å². The summed E-state index contributed by atoms with van der Waals surface area (Å²) < 4.78 is 18.1. The predicted molar refractivity (Wildman–Crippen MR) is 70.7 cm³/mol. The lowest BCUT2D eigenvalue weighted by atomic mass is 10.1. The molecule has 0 bridgehead atoms. The second kappa shape index (κ2) is 5.99. The predicted octanol–water partition coefficient (Wildman–Crippen LogP) is 2.36. The van der Waals surface area contributed by atoms with E-state index in [2.05, 4.69) is 15.1 Å². The van der Waals surface area contributed by atoms with E-state index in [4.69, 9.17) is 4.52 Å². The summed E-state index contributed by atoms with van der Waals surface area (Å²) in [5.41, 5.74) is 0.241. The molecule has 2 aromatic rings. The van der Waals surface area contributed by atoms with Gasteiger partial charge in [-0.05, 0) is 18.9 Å². The van der Waals surface area contributed by atoms with E-state index in [1.165, 1.54) is 18.7 Å². The smallest absolute Gasteiger partial charge is 0.256 e. The minimum Gasteiger partial charge on any atom is -0.343 e. The molecular weight excluding hydrogens is 275 g/mol. The lowest BCUT2D eigenvalue weighted by Crippen LogP contribution is -2.35. The fourth-order valence-corrected chi connectivity index (χ4v) is 2.64. The number of hydrogen-bond acceptors (Lipinski definition) is 5. The number of carbonyl (C=O) groups excluding carboxylic acids is 1. The summed E-state index contributed by atoms with van der Waals surface area (Å²) in [6, 6.07) is 0.968. The first-order valence-corrected chi connectivity index (χ1v) is 6.93. The molecule has 0 aromatic carbocycles. The summed E-state index contributed by atoms with van der Waals surface area (Å²) in [5.74, 6) is -0.278. The third-order valence-corrected chi connectivity index (χ3v) is 3.64. The van der Waals surface area contributed by atoms with E-state index in [-0.39, 0.29) is 17.5 Å². The summed E-state index contributed by atoms with van der Waals surface area (Å²) in [7, 11) is 0. The van der Waals surface area contributed by atoms with E-state index in [9.17, 15) is 9.18 Å². The highest BCUT2D eigenvalue weighted by Crippen LogP contribution is 2.29. The van der Waals surface area contributed by atoms with Crippen molar-refractivity contribution in [1.29, 1.82) is 0 Å². The van der Waals surface area contributed by atoms with Crippen LogP contribution in [0.15, 0.2) is 29.4 Å². The monoisotopic (exact) mass is 290 g/mol. The molecule has 6 nitrogen and oxygen atoms in total. The largest absolute Gasteiger partial charge is 0.343 e. The van der Waals surface area contributed by atoms with Gasteiger partial charge in [-0.1, -0.05) is 18.0 Å². The van der Waals surface area contributed by atoms with E-state index in [1.807, 2.05) is 0 Å². The van der Waals surface area contributed by atoms with Gasteiger partial charge < -0.3 is 9.42 Å². The number of pyridine rings is 1. The fourth-order valence-electron chi connectivity index (χ4n) is 2.64. The van der Waals surface area contributed by atoms with Crippen molar-refractivity contribution >= 4 is 5.91 Å². The molecule has 1 aliphatic rings. The number of hydrogen-bond donors (Lipinski definition) is 0. The molecule has 7 heteroatoms. The molecule has 110 valence electrons. The van der Waals surface area contributed by atoms with Crippen LogP contribution in [-0.2, 0) is 0 Å². The number of halogens is 1. The minimum atomic E-state index is -0.521. The van der Waals surface area contributed by atoms with Crippen LogP contribution in [0.3, 0.4) is 0 Å². The Morgan fingerprint density at radius 3 is 3.00 bits per heavy atom. The molecule has 3 rings (SSSR count). The highest BCUT2D eigenvalue weighted by atomic mass is 19.1. The summed E-state index contributed by atoms with van der Waals surface area (Å²) in [6.07, 6.45) is 7.42. The van der Waals surface area contributed by atoms with Crippen LogP contribution >= 0.6 is 0 Å². The van der Waals surface area contributed by atoms with Crippen LogP contribution in [0, 0.1) is 5.82 Å². The van der Waals surface area contributed by atoms with Crippen LogP contribution in [0.1, 0.15) is 47.9 Å². The number of carbonyl (C=O) groups is 1. The van der Waals surface area contributed by atoms with Crippen molar-refractivity contribution in [1.82, 2.24) is 20.0 Å². The van der Waals surface area contributed by atoms with Gasteiger partial charge in [0, 0.05) is 12.7 Å². The van der Waals surface area contributed by atoms with Crippen LogP contribution < -0.4 is 0 Å². The second-order valence-electron chi connectivity index (χ2n) is 5.04. The Kier molecular flexibility index (Phi) is 3.89. The molecular formula is C14H15FN4O2. The van der Waals surface area contributed by atoms with Gasteiger partial charge in [-0.15, -0.1) is 0 Å². The van der Waals surface area contributed by atoms with Gasteiger partial charge in [0.15, 0.2) is 5.82 Å². The Hall–Kier alpha value is -2.31. The molecule has 1 unspecified atom stereocenters. The maximum absolute atomic E-state index is 13.3. The van der Waals surface area contributed by atoms with E-state index >= 15 is 0 Å². The van der Waals surface area contributed by atoms with Crippen molar-refractivity contribution in [3.63, 3.8) is 0 Å². The summed E-state index contributed by atoms with van der Waals surface area (Å²) >= 11 is 0. The lowest BCUT2D eigenvalue weighted by molar-refractivity contribution is 0.0669. The topological polar surface area (TPSA) is 72.1 Å². The standard InChI is InChI=1S/C14H15FN4O2/c15-11-6-10(7-16-8-11)14(20)19-5-3-1-2-4-12(19)13-17-9-21-18-13/h6-9,12H,1-5H2. The number of amides is 1. The van der Waals surface area contributed by atoms with Crippen LogP contribution in [-0.4, -0.2) is 32.5 Å². The molecule has 2 aromatic heterocycles. The average Bonchev–Trinajstić information content (AvgIpc) is 2.91. The first-order valence-electron chi connectivity index (χ1n) is 6.93. The highest BCUT2D eigenvalue weighted by molar-refractivity contribution is 5.94. The first kappa shape index (κ1) is 13.7. The van der Waals surface area contributed by atoms with Crippen LogP contribution in [0.25, 0.3) is 0 Å². The maximum atomic E-state index is 13.3. The number of nitrogens with zero attached hydrogens (tertiary/aromatic N) is 4. The second-order valence-corrected chi connectivity index (χ2v) is 5.04. The van der Waals surface area contributed by atoms with Gasteiger partial charge >= 0.3 is 0 Å². The average molecular weight is 290 g/mol. The fraction of sp³-hybridized carbons (Fsp3) is 0.429. The first-order chi connectivity index (χ1) is 10.3.